The molecule has 0 aromatic heterocycles. The molecule has 61 heavy (non-hydrogen) atoms. The number of nitrogens with one attached hydrogen (secondary N) is 2. The molecule has 0 saturated carbocycles. The molecule has 9 heteroatoms. The molecule has 0 amide bonds. The molecule has 0 aliphatic carbocycles. The van der Waals surface area contributed by atoms with Crippen molar-refractivity contribution >= 4 is 23.3 Å². The highest BCUT2D eigenvalue weighted by atomic mass is 16.5. The van der Waals surface area contributed by atoms with Gasteiger partial charge in [0.25, 0.3) is 10.9 Å². The molecule has 1 aromatic carbocycles. The summed E-state index contributed by atoms with van der Waals surface area (Å²) in [5.41, 5.74) is -0.0590. The van der Waals surface area contributed by atoms with Crippen LogP contribution < -0.4 is 21.5 Å². The second-order valence-electron chi connectivity index (χ2n) is 18.1. The minimum atomic E-state index is -0.440. The van der Waals surface area contributed by atoms with Gasteiger partial charge in [0.05, 0.1) is 0 Å². The van der Waals surface area contributed by atoms with Crippen LogP contribution in [0.4, 0.5) is 11.4 Å². The molecule has 356 valence electrons. The van der Waals surface area contributed by atoms with E-state index in [9.17, 15) is 19.2 Å². The third kappa shape index (κ3) is 30.3. The summed E-state index contributed by atoms with van der Waals surface area (Å²) in [6.45, 7) is 12.5. The van der Waals surface area contributed by atoms with Crippen LogP contribution in [0.25, 0.3) is 0 Å². The highest BCUT2D eigenvalue weighted by Crippen LogP contribution is 2.19. The van der Waals surface area contributed by atoms with Crippen molar-refractivity contribution in [2.75, 3.05) is 43.9 Å². The largest absolute Gasteiger partial charge is 0.462 e. The molecule has 0 radical (unpaired) electrons. The molecule has 0 fully saturated rings. The molecule has 1 unspecified atom stereocenters. The number of nitrogens with zero attached hydrogens (tertiary/aromatic N) is 1. The van der Waals surface area contributed by atoms with Crippen molar-refractivity contribution in [2.45, 2.75) is 265 Å². The summed E-state index contributed by atoms with van der Waals surface area (Å²) in [5, 5.41) is 6.02. The van der Waals surface area contributed by atoms with E-state index >= 15 is 0 Å². The van der Waals surface area contributed by atoms with Crippen LogP contribution in [0.1, 0.15) is 252 Å². The van der Waals surface area contributed by atoms with Gasteiger partial charge in [-0.05, 0) is 96.7 Å². The van der Waals surface area contributed by atoms with Gasteiger partial charge in [-0.3, -0.25) is 19.2 Å². The maximum atomic E-state index is 12.9. The van der Waals surface area contributed by atoms with Gasteiger partial charge in [-0.15, -0.1) is 0 Å². The van der Waals surface area contributed by atoms with E-state index in [1.807, 2.05) is 0 Å². The van der Waals surface area contributed by atoms with Gasteiger partial charge in [0.15, 0.2) is 0 Å². The van der Waals surface area contributed by atoms with Gasteiger partial charge in [-0.25, -0.2) is 0 Å². The van der Waals surface area contributed by atoms with E-state index in [2.05, 4.69) is 43.2 Å². The zero-order chi connectivity index (χ0) is 44.6. The molecule has 0 aliphatic rings. The molecule has 0 bridgehead atoms. The summed E-state index contributed by atoms with van der Waals surface area (Å²) in [7, 11) is 1.67. The molecule has 9 nitrogen and oxygen atoms in total. The predicted octanol–water partition coefficient (Wildman–Crippen LogP) is 13.6. The molecule has 0 saturated heterocycles. The Morgan fingerprint density at radius 1 is 0.459 bits per heavy atom. The Kier molecular flexibility index (Phi) is 37.4. The van der Waals surface area contributed by atoms with Gasteiger partial charge in [0, 0.05) is 26.4 Å². The molecular weight excluding hydrogens is 763 g/mol. The monoisotopic (exact) mass is 860 g/mol. The number of anilines is 2. The topological polar surface area (TPSA) is 114 Å². The number of unbranched alkanes of at least 4 members (excludes halogenated alkanes) is 23. The van der Waals surface area contributed by atoms with E-state index in [0.29, 0.717) is 30.8 Å². The average Bonchev–Trinajstić information content (AvgIpc) is 3.26. The Morgan fingerprint density at radius 3 is 1.26 bits per heavy atom. The van der Waals surface area contributed by atoms with Crippen LogP contribution in [0.2, 0.25) is 0 Å². The van der Waals surface area contributed by atoms with Crippen molar-refractivity contribution in [3.05, 3.63) is 20.4 Å². The molecule has 2 N–H and O–H groups in total. The highest BCUT2D eigenvalue weighted by Gasteiger charge is 2.19. The summed E-state index contributed by atoms with van der Waals surface area (Å²) in [6.07, 6.45) is 39.5. The number of carbonyl (C=O) groups excluding carboxylic acids is 2. The van der Waals surface area contributed by atoms with Gasteiger partial charge < -0.3 is 25.0 Å². The van der Waals surface area contributed by atoms with E-state index in [-0.39, 0.29) is 24.1 Å². The minimum Gasteiger partial charge on any atom is -0.462 e. The zero-order valence-electron chi connectivity index (χ0n) is 40.6. The fraction of sp³-hybridized carbons (Fsp3) is 0.885. The molecule has 1 rings (SSSR count). The Labute approximate surface area is 375 Å². The summed E-state index contributed by atoms with van der Waals surface area (Å²) < 4.78 is 11.9. The number of ether oxygens (including phenoxy) is 2. The lowest BCUT2D eigenvalue weighted by molar-refractivity contribution is -0.150. The van der Waals surface area contributed by atoms with Crippen LogP contribution in [0.3, 0.4) is 0 Å². The van der Waals surface area contributed by atoms with Crippen LogP contribution in [-0.4, -0.2) is 62.3 Å². The van der Waals surface area contributed by atoms with Crippen LogP contribution in [0, 0.1) is 0 Å². The predicted molar refractivity (Wildman–Crippen MR) is 260 cm³/mol. The van der Waals surface area contributed by atoms with Crippen LogP contribution >= 0.6 is 0 Å². The van der Waals surface area contributed by atoms with Crippen molar-refractivity contribution in [3.8, 4) is 0 Å². The summed E-state index contributed by atoms with van der Waals surface area (Å²) in [4.78, 5) is 51.7. The Hall–Kier alpha value is -2.42. The standard InChI is InChI=1S/C52H97N3O6/c1-6-10-13-16-21-28-36-45(9-4)60-47(56)39-31-24-19-26-33-42-55(44-35-41-54-50-49(53-5)51(58)52(50)59)43-34-27-20-25-32-40-48(57)61-46(37-29-22-17-14-11-7-2)38-30-23-18-15-12-8-3/h45-46,53-54H,6-44H2,1-5H3. The first-order valence-electron chi connectivity index (χ1n) is 26.2. The van der Waals surface area contributed by atoms with Crippen molar-refractivity contribution in [1.82, 2.24) is 4.90 Å². The molecule has 0 heterocycles. The van der Waals surface area contributed by atoms with E-state index < -0.39 is 10.9 Å². The zero-order valence-corrected chi connectivity index (χ0v) is 40.6. The smallest absolute Gasteiger partial charge is 0.306 e. The number of carbonyl (C=O) groups is 2. The van der Waals surface area contributed by atoms with Crippen molar-refractivity contribution < 1.29 is 19.1 Å². The van der Waals surface area contributed by atoms with Crippen LogP contribution in [0.15, 0.2) is 9.59 Å². The third-order valence-corrected chi connectivity index (χ3v) is 12.5. The third-order valence-electron chi connectivity index (χ3n) is 12.5. The molecule has 0 aliphatic heterocycles. The fourth-order valence-electron chi connectivity index (χ4n) is 8.48. The summed E-state index contributed by atoms with van der Waals surface area (Å²) in [6, 6.07) is 0. The Bertz CT molecular complexity index is 1230. The number of rotatable bonds is 46. The lowest BCUT2D eigenvalue weighted by Gasteiger charge is -2.23. The van der Waals surface area contributed by atoms with Gasteiger partial charge in [-0.2, -0.15) is 0 Å². The Morgan fingerprint density at radius 2 is 0.820 bits per heavy atom. The second kappa shape index (κ2) is 40.4. The summed E-state index contributed by atoms with van der Waals surface area (Å²) >= 11 is 0. The Balaban J connectivity index is 2.41. The van der Waals surface area contributed by atoms with Crippen LogP contribution in [0.5, 0.6) is 0 Å². The van der Waals surface area contributed by atoms with Gasteiger partial charge >= 0.3 is 11.9 Å². The first kappa shape index (κ1) is 56.6. The molecule has 1 aromatic rings. The van der Waals surface area contributed by atoms with Gasteiger partial charge in [0.2, 0.25) is 0 Å². The van der Waals surface area contributed by atoms with E-state index in [1.165, 1.54) is 96.3 Å². The van der Waals surface area contributed by atoms with Gasteiger partial charge in [0.1, 0.15) is 23.6 Å². The SMILES string of the molecule is CCCCCCCCC(CC)OC(=O)CCCCCCCN(CCCCCCCC(=O)OC(CCCCCCCC)CCCCCCCC)CCCNc1c(NC)c(=O)c1=O. The number of esters is 2. The summed E-state index contributed by atoms with van der Waals surface area (Å²) in [5.74, 6) is -0.0365. The molecular formula is C52H97N3O6. The van der Waals surface area contributed by atoms with Crippen LogP contribution in [-0.2, 0) is 19.1 Å². The maximum absolute atomic E-state index is 12.9. The van der Waals surface area contributed by atoms with Crippen molar-refractivity contribution in [1.29, 1.82) is 0 Å². The van der Waals surface area contributed by atoms with Crippen molar-refractivity contribution in [2.24, 2.45) is 0 Å². The maximum Gasteiger partial charge on any atom is 0.306 e. The lowest BCUT2D eigenvalue weighted by Crippen LogP contribution is -2.37. The van der Waals surface area contributed by atoms with Gasteiger partial charge in [-0.1, -0.05) is 163 Å². The quantitative estimate of drug-likeness (QED) is 0.0376. The highest BCUT2D eigenvalue weighted by molar-refractivity contribution is 5.73. The first-order valence-corrected chi connectivity index (χ1v) is 26.2. The second-order valence-corrected chi connectivity index (χ2v) is 18.1. The number of hydrogen-bond acceptors (Lipinski definition) is 9. The number of hydrogen-bond donors (Lipinski definition) is 2. The minimum absolute atomic E-state index is 0.00353. The fourth-order valence-corrected chi connectivity index (χ4v) is 8.48. The van der Waals surface area contributed by atoms with E-state index in [1.54, 1.807) is 7.05 Å². The average molecular weight is 860 g/mol. The molecule has 1 atom stereocenters. The molecule has 0 spiro atoms. The first-order chi connectivity index (χ1) is 29.8. The lowest BCUT2D eigenvalue weighted by atomic mass is 10.0. The normalized spacial score (nSPS) is 12.1. The van der Waals surface area contributed by atoms with E-state index in [0.717, 1.165) is 135 Å². The van der Waals surface area contributed by atoms with Crippen molar-refractivity contribution in [3.63, 3.8) is 0 Å². The van der Waals surface area contributed by atoms with E-state index in [4.69, 9.17) is 9.47 Å².